The van der Waals surface area contributed by atoms with Crippen LogP contribution < -0.4 is 0 Å². The molecule has 17 heavy (non-hydrogen) atoms. The molecule has 0 aliphatic rings. The number of rotatable bonds is 6. The second-order valence-electron chi connectivity index (χ2n) is 4.04. The van der Waals surface area contributed by atoms with Crippen LogP contribution in [-0.4, -0.2) is 30.2 Å². The summed E-state index contributed by atoms with van der Waals surface area (Å²) in [5.41, 5.74) is 1.14. The van der Waals surface area contributed by atoms with Crippen molar-refractivity contribution in [2.75, 3.05) is 13.1 Å². The molecule has 0 atom stereocenters. The highest BCUT2D eigenvalue weighted by Gasteiger charge is 2.14. The third-order valence-electron chi connectivity index (χ3n) is 2.54. The molecule has 0 radical (unpaired) electrons. The fraction of sp³-hybridized carbons (Fsp3) is 0.429. The molecule has 3 nitrogen and oxygen atoms in total. The van der Waals surface area contributed by atoms with Gasteiger partial charge in [0.05, 0.1) is 0 Å². The van der Waals surface area contributed by atoms with Crippen LogP contribution in [-0.2, 0) is 0 Å². The number of carbonyl (C=O) groups is 2. The Bertz CT molecular complexity index is 382. The number of nitrogens with zero attached hydrogens (tertiary/aromatic N) is 1. The molecule has 0 aliphatic heterocycles. The first-order valence-electron chi connectivity index (χ1n) is 6.07. The number of aldehydes is 1. The molecule has 1 rings (SSSR count). The minimum Gasteiger partial charge on any atom is -0.339 e. The van der Waals surface area contributed by atoms with Crippen molar-refractivity contribution >= 4 is 12.2 Å². The zero-order valence-electron chi connectivity index (χ0n) is 10.5. The molecule has 1 aromatic rings. The Morgan fingerprint density at radius 2 is 1.88 bits per heavy atom. The molecule has 0 unspecified atom stereocenters. The predicted octanol–water partition coefficient (Wildman–Crippen LogP) is 2.76. The van der Waals surface area contributed by atoms with Crippen LogP contribution in [0.3, 0.4) is 0 Å². The summed E-state index contributed by atoms with van der Waals surface area (Å²) >= 11 is 0. The summed E-state index contributed by atoms with van der Waals surface area (Å²) in [4.78, 5) is 24.7. The van der Waals surface area contributed by atoms with Crippen molar-refractivity contribution in [2.45, 2.75) is 26.7 Å². The first kappa shape index (κ1) is 13.4. The molecule has 0 spiro atoms. The highest BCUT2D eigenvalue weighted by Crippen LogP contribution is 2.08. The maximum Gasteiger partial charge on any atom is 0.253 e. The van der Waals surface area contributed by atoms with Gasteiger partial charge in [0.15, 0.2) is 0 Å². The molecule has 0 fully saturated rings. The highest BCUT2D eigenvalue weighted by molar-refractivity contribution is 5.95. The molecule has 0 aromatic heterocycles. The Balaban J connectivity index is 2.87. The van der Waals surface area contributed by atoms with Gasteiger partial charge in [0.1, 0.15) is 6.29 Å². The van der Waals surface area contributed by atoms with Gasteiger partial charge in [0.25, 0.3) is 5.91 Å². The second-order valence-corrected chi connectivity index (χ2v) is 4.04. The largest absolute Gasteiger partial charge is 0.339 e. The normalized spacial score (nSPS) is 10.0. The maximum absolute atomic E-state index is 12.2. The van der Waals surface area contributed by atoms with Crippen LogP contribution in [0.15, 0.2) is 24.3 Å². The molecular formula is C14H19NO2. The molecule has 0 saturated heterocycles. The van der Waals surface area contributed by atoms with Crippen LogP contribution in [0, 0.1) is 0 Å². The summed E-state index contributed by atoms with van der Waals surface area (Å²) in [5, 5.41) is 0. The van der Waals surface area contributed by atoms with Crippen molar-refractivity contribution in [3.63, 3.8) is 0 Å². The molecule has 0 saturated carbocycles. The van der Waals surface area contributed by atoms with E-state index in [1.807, 2.05) is 4.90 Å². The van der Waals surface area contributed by atoms with Gasteiger partial charge in [0.2, 0.25) is 0 Å². The second kappa shape index (κ2) is 6.84. The molecule has 0 heterocycles. The summed E-state index contributed by atoms with van der Waals surface area (Å²) in [6.45, 7) is 5.63. The Labute approximate surface area is 102 Å². The van der Waals surface area contributed by atoms with Gasteiger partial charge in [-0.25, -0.2) is 0 Å². The zero-order chi connectivity index (χ0) is 12.7. The lowest BCUT2D eigenvalue weighted by Gasteiger charge is -2.21. The van der Waals surface area contributed by atoms with Crippen LogP contribution in [0.4, 0.5) is 0 Å². The highest BCUT2D eigenvalue weighted by atomic mass is 16.2. The number of amides is 1. The van der Waals surface area contributed by atoms with Gasteiger partial charge in [-0.2, -0.15) is 0 Å². The lowest BCUT2D eigenvalue weighted by Crippen LogP contribution is -2.32. The van der Waals surface area contributed by atoms with Gasteiger partial charge in [-0.3, -0.25) is 9.59 Å². The van der Waals surface area contributed by atoms with Crippen molar-refractivity contribution in [3.05, 3.63) is 35.4 Å². The SMILES string of the molecule is CCCN(CCC)C(=O)c1cccc(C=O)c1. The van der Waals surface area contributed by atoms with Gasteiger partial charge in [0, 0.05) is 24.2 Å². The Morgan fingerprint density at radius 1 is 1.24 bits per heavy atom. The molecule has 0 bridgehead atoms. The molecule has 92 valence electrons. The lowest BCUT2D eigenvalue weighted by molar-refractivity contribution is 0.0755. The van der Waals surface area contributed by atoms with Crippen LogP contribution in [0.1, 0.15) is 47.4 Å². The number of benzene rings is 1. The topological polar surface area (TPSA) is 37.4 Å². The molecular weight excluding hydrogens is 214 g/mol. The van der Waals surface area contributed by atoms with E-state index in [1.54, 1.807) is 24.3 Å². The number of hydrogen-bond donors (Lipinski definition) is 0. The molecule has 1 amide bonds. The Hall–Kier alpha value is -1.64. The third-order valence-corrected chi connectivity index (χ3v) is 2.54. The van der Waals surface area contributed by atoms with E-state index in [-0.39, 0.29) is 5.91 Å². The number of carbonyl (C=O) groups excluding carboxylic acids is 2. The Morgan fingerprint density at radius 3 is 2.41 bits per heavy atom. The fourth-order valence-electron chi connectivity index (χ4n) is 1.78. The van der Waals surface area contributed by atoms with Crippen molar-refractivity contribution < 1.29 is 9.59 Å². The van der Waals surface area contributed by atoms with Gasteiger partial charge in [-0.1, -0.05) is 26.0 Å². The molecule has 0 aliphatic carbocycles. The van der Waals surface area contributed by atoms with Crippen LogP contribution in [0.2, 0.25) is 0 Å². The minimum absolute atomic E-state index is 0.0115. The van der Waals surface area contributed by atoms with Gasteiger partial charge in [-0.15, -0.1) is 0 Å². The summed E-state index contributed by atoms with van der Waals surface area (Å²) < 4.78 is 0. The summed E-state index contributed by atoms with van der Waals surface area (Å²) in [6, 6.07) is 6.85. The standard InChI is InChI=1S/C14H19NO2/c1-3-8-15(9-4-2)14(17)13-7-5-6-12(10-13)11-16/h5-7,10-11H,3-4,8-9H2,1-2H3. The van der Waals surface area contributed by atoms with E-state index in [4.69, 9.17) is 0 Å². The minimum atomic E-state index is 0.0115. The van der Waals surface area contributed by atoms with Crippen molar-refractivity contribution in [1.29, 1.82) is 0 Å². The lowest BCUT2D eigenvalue weighted by atomic mass is 10.1. The molecule has 0 N–H and O–H groups in total. The monoisotopic (exact) mass is 233 g/mol. The van der Waals surface area contributed by atoms with Crippen LogP contribution in [0.25, 0.3) is 0 Å². The predicted molar refractivity (Wildman–Crippen MR) is 68.3 cm³/mol. The number of hydrogen-bond acceptors (Lipinski definition) is 2. The average Bonchev–Trinajstić information content (AvgIpc) is 2.38. The van der Waals surface area contributed by atoms with E-state index in [1.165, 1.54) is 0 Å². The third kappa shape index (κ3) is 3.70. The first-order chi connectivity index (χ1) is 8.22. The summed E-state index contributed by atoms with van der Waals surface area (Å²) in [5.74, 6) is 0.0115. The maximum atomic E-state index is 12.2. The van der Waals surface area contributed by atoms with Crippen molar-refractivity contribution in [3.8, 4) is 0 Å². The Kier molecular flexibility index (Phi) is 5.40. The van der Waals surface area contributed by atoms with Crippen molar-refractivity contribution in [1.82, 2.24) is 4.90 Å². The smallest absolute Gasteiger partial charge is 0.253 e. The van der Waals surface area contributed by atoms with E-state index in [2.05, 4.69) is 13.8 Å². The van der Waals surface area contributed by atoms with Crippen LogP contribution >= 0.6 is 0 Å². The van der Waals surface area contributed by atoms with Crippen molar-refractivity contribution in [2.24, 2.45) is 0 Å². The zero-order valence-corrected chi connectivity index (χ0v) is 10.5. The van der Waals surface area contributed by atoms with E-state index >= 15 is 0 Å². The van der Waals surface area contributed by atoms with E-state index < -0.39 is 0 Å². The van der Waals surface area contributed by atoms with Gasteiger partial charge in [-0.05, 0) is 25.0 Å². The quantitative estimate of drug-likeness (QED) is 0.708. The molecule has 3 heteroatoms. The van der Waals surface area contributed by atoms with Gasteiger partial charge < -0.3 is 4.90 Å². The summed E-state index contributed by atoms with van der Waals surface area (Å²) in [6.07, 6.45) is 2.65. The van der Waals surface area contributed by atoms with E-state index in [0.29, 0.717) is 11.1 Å². The average molecular weight is 233 g/mol. The summed E-state index contributed by atoms with van der Waals surface area (Å²) in [7, 11) is 0. The van der Waals surface area contributed by atoms with Gasteiger partial charge >= 0.3 is 0 Å². The van der Waals surface area contributed by atoms with E-state index in [0.717, 1.165) is 32.2 Å². The molecule has 1 aromatic carbocycles. The first-order valence-corrected chi connectivity index (χ1v) is 6.07. The fourth-order valence-corrected chi connectivity index (χ4v) is 1.78. The van der Waals surface area contributed by atoms with E-state index in [9.17, 15) is 9.59 Å². The van der Waals surface area contributed by atoms with Crippen LogP contribution in [0.5, 0.6) is 0 Å².